The fourth-order valence-corrected chi connectivity index (χ4v) is 2.52. The Bertz CT molecular complexity index is 757. The molecule has 5 heteroatoms. The van der Waals surface area contributed by atoms with Crippen molar-refractivity contribution in [3.63, 3.8) is 0 Å². The Labute approximate surface area is 155 Å². The summed E-state index contributed by atoms with van der Waals surface area (Å²) < 4.78 is 5.74. The smallest absolute Gasteiger partial charge is 0.260 e. The number of nitrogens with zero attached hydrogens (tertiary/aromatic N) is 1. The summed E-state index contributed by atoms with van der Waals surface area (Å²) in [5.41, 5.74) is 2.84. The third-order valence-corrected chi connectivity index (χ3v) is 4.01. The van der Waals surface area contributed by atoms with Crippen molar-refractivity contribution in [2.24, 2.45) is 0 Å². The highest BCUT2D eigenvalue weighted by Crippen LogP contribution is 2.27. The van der Waals surface area contributed by atoms with Crippen molar-refractivity contribution in [3.8, 4) is 5.75 Å². The molecular weight excluding hydrogens is 328 g/mol. The number of aryl methyl sites for hydroxylation is 1. The average Bonchev–Trinajstić information content (AvgIpc) is 2.60. The number of nitrogens with one attached hydrogen (secondary N) is 1. The van der Waals surface area contributed by atoms with Gasteiger partial charge < -0.3 is 15.0 Å². The van der Waals surface area contributed by atoms with Crippen molar-refractivity contribution in [3.05, 3.63) is 59.7 Å². The van der Waals surface area contributed by atoms with Gasteiger partial charge in [-0.15, -0.1) is 0 Å². The van der Waals surface area contributed by atoms with Crippen LogP contribution >= 0.6 is 0 Å². The number of carbonyl (C=O) groups excluding carboxylic acids is 2. The molecule has 5 nitrogen and oxygen atoms in total. The molecule has 0 aromatic heterocycles. The largest absolute Gasteiger partial charge is 0.483 e. The first-order valence-corrected chi connectivity index (χ1v) is 8.69. The van der Waals surface area contributed by atoms with Gasteiger partial charge in [0.15, 0.2) is 6.61 Å². The fourth-order valence-electron chi connectivity index (χ4n) is 2.52. The minimum absolute atomic E-state index is 0.0259. The molecule has 0 aliphatic rings. The molecule has 0 fully saturated rings. The van der Waals surface area contributed by atoms with Gasteiger partial charge in [-0.2, -0.15) is 0 Å². The molecule has 0 bridgehead atoms. The van der Waals surface area contributed by atoms with Crippen LogP contribution in [-0.2, 0) is 9.59 Å². The van der Waals surface area contributed by atoms with E-state index in [9.17, 15) is 9.59 Å². The second-order valence-corrected chi connectivity index (χ2v) is 6.65. The Morgan fingerprint density at radius 3 is 2.46 bits per heavy atom. The average molecular weight is 354 g/mol. The molecule has 1 N–H and O–H groups in total. The van der Waals surface area contributed by atoms with Gasteiger partial charge in [0.1, 0.15) is 5.75 Å². The zero-order valence-electron chi connectivity index (χ0n) is 15.8. The van der Waals surface area contributed by atoms with E-state index in [2.05, 4.69) is 19.2 Å². The monoisotopic (exact) mass is 354 g/mol. The van der Waals surface area contributed by atoms with E-state index in [4.69, 9.17) is 4.74 Å². The van der Waals surface area contributed by atoms with E-state index in [0.29, 0.717) is 11.6 Å². The van der Waals surface area contributed by atoms with Crippen LogP contribution in [0.3, 0.4) is 0 Å². The Morgan fingerprint density at radius 1 is 1.12 bits per heavy atom. The molecule has 2 aromatic rings. The van der Waals surface area contributed by atoms with Crippen LogP contribution < -0.4 is 10.1 Å². The topological polar surface area (TPSA) is 58.6 Å². The lowest BCUT2D eigenvalue weighted by Gasteiger charge is -2.19. The van der Waals surface area contributed by atoms with Crippen molar-refractivity contribution in [1.29, 1.82) is 0 Å². The predicted octanol–water partition coefficient (Wildman–Crippen LogP) is 3.59. The van der Waals surface area contributed by atoms with Crippen molar-refractivity contribution in [2.75, 3.05) is 25.5 Å². The number of hydrogen-bond donors (Lipinski definition) is 1. The molecule has 0 unspecified atom stereocenters. The number of hydrogen-bond acceptors (Lipinski definition) is 3. The fraction of sp³-hybridized carbons (Fsp3) is 0.333. The van der Waals surface area contributed by atoms with Gasteiger partial charge in [-0.3, -0.25) is 9.59 Å². The van der Waals surface area contributed by atoms with Gasteiger partial charge >= 0.3 is 0 Å². The van der Waals surface area contributed by atoms with E-state index in [1.54, 1.807) is 19.2 Å². The summed E-state index contributed by atoms with van der Waals surface area (Å²) in [6, 6.07) is 15.1. The molecular formula is C21H26N2O3. The lowest BCUT2D eigenvalue weighted by atomic mass is 10.0. The molecule has 26 heavy (non-hydrogen) atoms. The molecule has 0 radical (unpaired) electrons. The third-order valence-electron chi connectivity index (χ3n) is 4.01. The van der Waals surface area contributed by atoms with Crippen molar-refractivity contribution >= 4 is 17.5 Å². The zero-order valence-corrected chi connectivity index (χ0v) is 15.8. The van der Waals surface area contributed by atoms with Crippen LogP contribution in [0, 0.1) is 6.92 Å². The normalized spacial score (nSPS) is 10.5. The summed E-state index contributed by atoms with van der Waals surface area (Å²) in [5, 5.41) is 2.76. The number of carbonyl (C=O) groups is 2. The molecule has 0 heterocycles. The number of para-hydroxylation sites is 1. The van der Waals surface area contributed by atoms with Gasteiger partial charge in [-0.25, -0.2) is 0 Å². The second-order valence-electron chi connectivity index (χ2n) is 6.65. The molecule has 0 saturated heterocycles. The van der Waals surface area contributed by atoms with E-state index in [-0.39, 0.29) is 25.0 Å². The Morgan fingerprint density at radius 2 is 1.81 bits per heavy atom. The molecule has 138 valence electrons. The Kier molecular flexibility index (Phi) is 6.78. The van der Waals surface area contributed by atoms with Crippen LogP contribution in [0.25, 0.3) is 0 Å². The Balaban J connectivity index is 1.89. The van der Waals surface area contributed by atoms with Crippen molar-refractivity contribution in [2.45, 2.75) is 26.7 Å². The molecule has 0 atom stereocenters. The van der Waals surface area contributed by atoms with Crippen LogP contribution in [0.1, 0.15) is 30.9 Å². The van der Waals surface area contributed by atoms with E-state index in [0.717, 1.165) is 16.9 Å². The van der Waals surface area contributed by atoms with E-state index < -0.39 is 0 Å². The van der Waals surface area contributed by atoms with Gasteiger partial charge in [-0.05, 0) is 42.2 Å². The summed E-state index contributed by atoms with van der Waals surface area (Å²) in [5.74, 6) is 0.528. The molecule has 2 aromatic carbocycles. The van der Waals surface area contributed by atoms with Crippen LogP contribution in [-0.4, -0.2) is 36.9 Å². The maximum Gasteiger partial charge on any atom is 0.260 e. The van der Waals surface area contributed by atoms with Crippen LogP contribution in [0.15, 0.2) is 48.5 Å². The minimum Gasteiger partial charge on any atom is -0.483 e. The predicted molar refractivity (Wildman–Crippen MR) is 103 cm³/mol. The van der Waals surface area contributed by atoms with Gasteiger partial charge in [0.2, 0.25) is 5.91 Å². The lowest BCUT2D eigenvalue weighted by Crippen LogP contribution is -2.37. The molecule has 0 aliphatic heterocycles. The number of rotatable bonds is 7. The van der Waals surface area contributed by atoms with Gasteiger partial charge in [-0.1, -0.05) is 44.2 Å². The SMILES string of the molecule is Cc1ccc(C(C)C)c(OCC(=O)N(C)CC(=O)Nc2ccccc2)c1. The van der Waals surface area contributed by atoms with E-state index in [1.807, 2.05) is 43.3 Å². The van der Waals surface area contributed by atoms with E-state index >= 15 is 0 Å². The van der Waals surface area contributed by atoms with E-state index in [1.165, 1.54) is 4.90 Å². The summed E-state index contributed by atoms with van der Waals surface area (Å²) in [7, 11) is 1.59. The highest BCUT2D eigenvalue weighted by atomic mass is 16.5. The first kappa shape index (κ1) is 19.5. The number of benzene rings is 2. The second kappa shape index (κ2) is 9.04. The van der Waals surface area contributed by atoms with Gasteiger partial charge in [0, 0.05) is 12.7 Å². The molecule has 0 aliphatic carbocycles. The number of likely N-dealkylation sites (N-methyl/N-ethyl adjacent to an activating group) is 1. The lowest BCUT2D eigenvalue weighted by molar-refractivity contribution is -0.135. The minimum atomic E-state index is -0.246. The first-order valence-electron chi connectivity index (χ1n) is 8.69. The van der Waals surface area contributed by atoms with Crippen LogP contribution in [0.4, 0.5) is 5.69 Å². The summed E-state index contributed by atoms with van der Waals surface area (Å²) in [4.78, 5) is 25.7. The summed E-state index contributed by atoms with van der Waals surface area (Å²) >= 11 is 0. The van der Waals surface area contributed by atoms with Crippen molar-refractivity contribution in [1.82, 2.24) is 4.90 Å². The Hall–Kier alpha value is -2.82. The number of anilines is 1. The molecule has 0 saturated carbocycles. The zero-order chi connectivity index (χ0) is 19.1. The third kappa shape index (κ3) is 5.62. The molecule has 2 rings (SSSR count). The molecule has 0 spiro atoms. The number of ether oxygens (including phenoxy) is 1. The maximum atomic E-state index is 12.3. The van der Waals surface area contributed by atoms with Crippen LogP contribution in [0.2, 0.25) is 0 Å². The van der Waals surface area contributed by atoms with Gasteiger partial charge in [0.25, 0.3) is 5.91 Å². The highest BCUT2D eigenvalue weighted by molar-refractivity contribution is 5.94. The number of amides is 2. The van der Waals surface area contributed by atoms with Crippen molar-refractivity contribution < 1.29 is 14.3 Å². The standard InChI is InChI=1S/C21H26N2O3/c1-15(2)18-11-10-16(3)12-19(18)26-14-21(25)23(4)13-20(24)22-17-8-6-5-7-9-17/h5-12,15H,13-14H2,1-4H3,(H,22,24). The maximum absolute atomic E-state index is 12.3. The molecule has 2 amide bonds. The summed E-state index contributed by atoms with van der Waals surface area (Å²) in [6.07, 6.45) is 0. The van der Waals surface area contributed by atoms with Gasteiger partial charge in [0.05, 0.1) is 6.54 Å². The van der Waals surface area contributed by atoms with Crippen LogP contribution in [0.5, 0.6) is 5.75 Å². The summed E-state index contributed by atoms with van der Waals surface area (Å²) in [6.45, 7) is 6.03. The first-order chi connectivity index (χ1) is 12.4. The highest BCUT2D eigenvalue weighted by Gasteiger charge is 2.15. The quantitative estimate of drug-likeness (QED) is 0.826.